The van der Waals surface area contributed by atoms with Gasteiger partial charge in [0.25, 0.3) is 17.8 Å². The number of hydrogen-bond donors (Lipinski definition) is 4. The van der Waals surface area contributed by atoms with Crippen LogP contribution >= 0.6 is 0 Å². The van der Waals surface area contributed by atoms with Crippen LogP contribution in [0, 0.1) is 10.8 Å². The number of nitrogens with one attached hydrogen (secondary N) is 4. The molecule has 0 aliphatic carbocycles. The Morgan fingerprint density at radius 1 is 0.974 bits per heavy atom. The van der Waals surface area contributed by atoms with E-state index in [4.69, 9.17) is 24.7 Å². The Balaban J connectivity index is 1.27. The smallest absolute Gasteiger partial charge is 0.290 e. The van der Waals surface area contributed by atoms with Crippen molar-refractivity contribution in [3.8, 4) is 0 Å². The summed E-state index contributed by atoms with van der Waals surface area (Å²) in [6, 6.07) is 23.9. The third-order valence-electron chi connectivity index (χ3n) is 6.57. The summed E-state index contributed by atoms with van der Waals surface area (Å²) in [4.78, 5) is 19.9. The van der Waals surface area contributed by atoms with E-state index in [0.717, 1.165) is 22.2 Å². The summed E-state index contributed by atoms with van der Waals surface area (Å²) in [6.07, 6.45) is -1.16. The monoisotopic (exact) mass is 522 g/mol. The van der Waals surface area contributed by atoms with Crippen molar-refractivity contribution < 1.29 is 18.7 Å². The van der Waals surface area contributed by atoms with Crippen LogP contribution in [0.1, 0.15) is 16.9 Å². The number of anilines is 2. The van der Waals surface area contributed by atoms with E-state index in [0.29, 0.717) is 43.3 Å². The second-order valence-corrected chi connectivity index (χ2v) is 9.06. The van der Waals surface area contributed by atoms with Gasteiger partial charge in [0.2, 0.25) is 11.9 Å². The average molecular weight is 523 g/mol. The fraction of sp³-hybridized carbons (Fsp3) is 0.172. The van der Waals surface area contributed by atoms with Crippen molar-refractivity contribution in [2.45, 2.75) is 6.17 Å². The molecule has 0 radical (unpaired) electrons. The molecule has 0 bridgehead atoms. The molecule has 6 rings (SSSR count). The highest BCUT2D eigenvalue weighted by atomic mass is 16.5. The summed E-state index contributed by atoms with van der Waals surface area (Å²) < 4.78 is 17.1. The molecule has 196 valence electrons. The van der Waals surface area contributed by atoms with Crippen LogP contribution in [-0.2, 0) is 14.3 Å². The van der Waals surface area contributed by atoms with Crippen molar-refractivity contribution in [2.75, 3.05) is 36.5 Å². The minimum absolute atomic E-state index is 0.204. The molecular formula is C29H26N6O4. The van der Waals surface area contributed by atoms with E-state index in [1.165, 1.54) is 0 Å². The maximum atomic E-state index is 13.1. The minimum atomic E-state index is -1.16. The normalized spacial score (nSPS) is 17.0. The molecule has 2 aliphatic rings. The molecule has 10 nitrogen and oxygen atoms in total. The first-order valence-electron chi connectivity index (χ1n) is 12.6. The largest absolute Gasteiger partial charge is 0.449 e. The topological polar surface area (TPSA) is 136 Å². The van der Waals surface area contributed by atoms with Crippen LogP contribution in [-0.4, -0.2) is 56.0 Å². The summed E-state index contributed by atoms with van der Waals surface area (Å²) in [7, 11) is 0. The number of ether oxygens (including phenoxy) is 2. The highest BCUT2D eigenvalue weighted by molar-refractivity contribution is 6.20. The number of nitrogens with zero attached hydrogens (tertiary/aromatic N) is 2. The summed E-state index contributed by atoms with van der Waals surface area (Å²) in [5, 5.41) is 23.5. The highest BCUT2D eigenvalue weighted by Crippen LogP contribution is 2.35. The van der Waals surface area contributed by atoms with Crippen molar-refractivity contribution in [3.63, 3.8) is 0 Å². The van der Waals surface area contributed by atoms with Crippen LogP contribution < -0.4 is 15.5 Å². The molecule has 10 heteroatoms. The van der Waals surface area contributed by atoms with Crippen molar-refractivity contribution in [1.29, 1.82) is 10.8 Å². The Labute approximate surface area is 224 Å². The lowest BCUT2D eigenvalue weighted by atomic mass is 10.0. The standard InChI is InChI=1S/C29H26N6O4/c30-26(25-24(35-14-16-37-17-15-35)20-11-5-7-13-22(20)38-25)39-29(31)34-27-28(36)32-21-12-6-4-10-19(21)23(33-27)18-8-2-1-3-9-18/h1-13,27,30H,14-17H2,(H2,31,34)(H,32,36). The molecule has 3 aromatic carbocycles. The van der Waals surface area contributed by atoms with Gasteiger partial charge in [-0.1, -0.05) is 60.7 Å². The van der Waals surface area contributed by atoms with Gasteiger partial charge in [-0.2, -0.15) is 0 Å². The Kier molecular flexibility index (Phi) is 6.52. The lowest BCUT2D eigenvalue weighted by Gasteiger charge is -2.28. The molecule has 3 heterocycles. The molecule has 39 heavy (non-hydrogen) atoms. The second kappa shape index (κ2) is 10.4. The predicted molar refractivity (Wildman–Crippen MR) is 149 cm³/mol. The number of benzodiazepines with no additional fused rings is 1. The van der Waals surface area contributed by atoms with Gasteiger partial charge in [0.15, 0.2) is 0 Å². The van der Waals surface area contributed by atoms with E-state index in [-0.39, 0.29) is 11.7 Å². The second-order valence-electron chi connectivity index (χ2n) is 9.06. The first-order chi connectivity index (χ1) is 19.1. The first kappa shape index (κ1) is 24.4. The van der Waals surface area contributed by atoms with Gasteiger partial charge in [-0.3, -0.25) is 15.6 Å². The van der Waals surface area contributed by atoms with Gasteiger partial charge >= 0.3 is 0 Å². The lowest BCUT2D eigenvalue weighted by Crippen LogP contribution is -2.43. The van der Waals surface area contributed by atoms with Gasteiger partial charge in [-0.15, -0.1) is 0 Å². The van der Waals surface area contributed by atoms with E-state index in [9.17, 15) is 4.79 Å². The molecule has 1 amide bonds. The van der Waals surface area contributed by atoms with Crippen LogP contribution in [0.2, 0.25) is 0 Å². The van der Waals surface area contributed by atoms with Gasteiger partial charge in [-0.05, 0) is 18.2 Å². The molecule has 0 saturated carbocycles. The summed E-state index contributed by atoms with van der Waals surface area (Å²) in [5.74, 6) is -0.600. The maximum absolute atomic E-state index is 13.1. The zero-order valence-electron chi connectivity index (χ0n) is 20.9. The van der Waals surface area contributed by atoms with Gasteiger partial charge in [0, 0.05) is 29.6 Å². The number of fused-ring (bicyclic) bond motifs is 2. The zero-order valence-corrected chi connectivity index (χ0v) is 20.9. The number of amides is 1. The van der Waals surface area contributed by atoms with Crippen molar-refractivity contribution in [2.24, 2.45) is 4.99 Å². The van der Waals surface area contributed by atoms with Crippen LogP contribution in [0.25, 0.3) is 11.0 Å². The molecule has 2 aliphatic heterocycles. The molecule has 1 saturated heterocycles. The van der Waals surface area contributed by atoms with Crippen LogP contribution in [0.15, 0.2) is 88.3 Å². The molecule has 4 N–H and O–H groups in total. The molecule has 1 atom stereocenters. The van der Waals surface area contributed by atoms with E-state index < -0.39 is 18.1 Å². The Morgan fingerprint density at radius 2 is 1.69 bits per heavy atom. The third-order valence-corrected chi connectivity index (χ3v) is 6.57. The van der Waals surface area contributed by atoms with Crippen molar-refractivity contribution in [3.05, 3.63) is 95.7 Å². The Bertz CT molecular complexity index is 1590. The van der Waals surface area contributed by atoms with E-state index in [1.54, 1.807) is 6.07 Å². The number of carbonyl (C=O) groups is 1. The SMILES string of the molecule is N=C(NC1N=C(c2ccccc2)c2ccccc2NC1=O)OC(=N)c1oc2ccccc2c1N1CCOCC1. The number of morpholine rings is 1. The van der Waals surface area contributed by atoms with E-state index >= 15 is 0 Å². The summed E-state index contributed by atoms with van der Waals surface area (Å²) >= 11 is 0. The van der Waals surface area contributed by atoms with Crippen LogP contribution in [0.5, 0.6) is 0 Å². The number of rotatable bonds is 4. The van der Waals surface area contributed by atoms with E-state index in [1.807, 2.05) is 72.8 Å². The van der Waals surface area contributed by atoms with Gasteiger partial charge < -0.3 is 29.4 Å². The molecule has 4 aromatic rings. The predicted octanol–water partition coefficient (Wildman–Crippen LogP) is 3.95. The number of hydrogen-bond acceptors (Lipinski definition) is 8. The van der Waals surface area contributed by atoms with Crippen LogP contribution in [0.3, 0.4) is 0 Å². The van der Waals surface area contributed by atoms with E-state index in [2.05, 4.69) is 20.5 Å². The fourth-order valence-electron chi connectivity index (χ4n) is 4.77. The Hall–Kier alpha value is -4.96. The molecule has 1 fully saturated rings. The van der Waals surface area contributed by atoms with Gasteiger partial charge in [-0.25, -0.2) is 4.99 Å². The molecule has 0 spiro atoms. The third kappa shape index (κ3) is 4.85. The Morgan fingerprint density at radius 3 is 2.51 bits per heavy atom. The molecule has 1 unspecified atom stereocenters. The number of benzene rings is 3. The number of carbonyl (C=O) groups excluding carboxylic acids is 1. The number of para-hydroxylation sites is 2. The fourth-order valence-corrected chi connectivity index (χ4v) is 4.77. The average Bonchev–Trinajstić information content (AvgIpc) is 3.30. The maximum Gasteiger partial charge on any atom is 0.290 e. The van der Waals surface area contributed by atoms with Gasteiger partial charge in [0.1, 0.15) is 5.58 Å². The minimum Gasteiger partial charge on any atom is -0.449 e. The summed E-state index contributed by atoms with van der Waals surface area (Å²) in [6.45, 7) is 2.40. The quantitative estimate of drug-likeness (QED) is 0.237. The first-order valence-corrected chi connectivity index (χ1v) is 12.6. The number of furan rings is 1. The lowest BCUT2D eigenvalue weighted by molar-refractivity contribution is -0.117. The van der Waals surface area contributed by atoms with Gasteiger partial charge in [0.05, 0.1) is 30.3 Å². The highest BCUT2D eigenvalue weighted by Gasteiger charge is 2.29. The molecular weight excluding hydrogens is 496 g/mol. The zero-order chi connectivity index (χ0) is 26.8. The summed E-state index contributed by atoms with van der Waals surface area (Å²) in [5.41, 5.74) is 4.13. The van der Waals surface area contributed by atoms with Crippen molar-refractivity contribution >= 4 is 45.9 Å². The van der Waals surface area contributed by atoms with Crippen molar-refractivity contribution in [1.82, 2.24) is 5.32 Å². The number of amidine groups is 1. The molecule has 1 aromatic heterocycles. The van der Waals surface area contributed by atoms with Crippen LogP contribution in [0.4, 0.5) is 11.4 Å². The number of aliphatic imine (C=N–C) groups is 1.